The number of hydrogen-bond donors (Lipinski definition) is 2. The Morgan fingerprint density at radius 1 is 0.714 bits per heavy atom. The summed E-state index contributed by atoms with van der Waals surface area (Å²) in [5.41, 5.74) is 2.33. The molecule has 0 aliphatic heterocycles. The van der Waals surface area contributed by atoms with E-state index in [-0.39, 0.29) is 6.10 Å². The Hall–Kier alpha value is -2.98. The molecule has 0 heterocycles. The van der Waals surface area contributed by atoms with E-state index in [1.165, 1.54) is 5.56 Å². The monoisotopic (exact) mass is 376 g/mol. The molecule has 3 aromatic rings. The number of para-hydroxylation sites is 1. The van der Waals surface area contributed by atoms with Gasteiger partial charge in [0, 0.05) is 25.3 Å². The number of benzene rings is 3. The van der Waals surface area contributed by atoms with Crippen LogP contribution in [-0.4, -0.2) is 19.2 Å². The fourth-order valence-electron chi connectivity index (χ4n) is 2.75. The van der Waals surface area contributed by atoms with E-state index in [0.29, 0.717) is 0 Å². The van der Waals surface area contributed by atoms with Crippen LogP contribution in [0.15, 0.2) is 78.9 Å². The third-order valence-electron chi connectivity index (χ3n) is 4.09. The summed E-state index contributed by atoms with van der Waals surface area (Å²) in [6, 6.07) is 26.1. The maximum atomic E-state index is 5.81. The summed E-state index contributed by atoms with van der Waals surface area (Å²) in [7, 11) is 0. The Balaban J connectivity index is 1.35. The molecule has 146 valence electrons. The van der Waals surface area contributed by atoms with Gasteiger partial charge in [-0.05, 0) is 67.9 Å². The largest absolute Gasteiger partial charge is 0.491 e. The molecule has 0 amide bonds. The molecule has 0 saturated heterocycles. The van der Waals surface area contributed by atoms with E-state index in [0.717, 1.165) is 42.6 Å². The van der Waals surface area contributed by atoms with Crippen molar-refractivity contribution in [1.82, 2.24) is 5.32 Å². The van der Waals surface area contributed by atoms with Crippen molar-refractivity contribution in [2.24, 2.45) is 0 Å². The fraction of sp³-hybridized carbons (Fsp3) is 0.250. The van der Waals surface area contributed by atoms with E-state index in [2.05, 4.69) is 22.8 Å². The van der Waals surface area contributed by atoms with E-state index in [1.807, 2.05) is 80.6 Å². The molecule has 3 aromatic carbocycles. The van der Waals surface area contributed by atoms with Gasteiger partial charge in [-0.1, -0.05) is 30.3 Å². The molecule has 0 aliphatic carbocycles. The molecule has 4 heteroatoms. The van der Waals surface area contributed by atoms with Crippen LogP contribution in [0.4, 0.5) is 5.69 Å². The van der Waals surface area contributed by atoms with Gasteiger partial charge in [0.2, 0.25) is 0 Å². The smallest absolute Gasteiger partial charge is 0.127 e. The van der Waals surface area contributed by atoms with Crippen LogP contribution in [0.3, 0.4) is 0 Å². The van der Waals surface area contributed by atoms with E-state index < -0.39 is 0 Å². The lowest BCUT2D eigenvalue weighted by molar-refractivity contribution is 0.242. The Bertz CT molecular complexity index is 815. The molecule has 2 N–H and O–H groups in total. The quantitative estimate of drug-likeness (QED) is 0.461. The number of rotatable bonds is 10. The van der Waals surface area contributed by atoms with Crippen LogP contribution in [-0.2, 0) is 6.54 Å². The molecule has 0 atom stereocenters. The number of hydrogen-bond acceptors (Lipinski definition) is 4. The van der Waals surface area contributed by atoms with Crippen LogP contribution < -0.4 is 20.1 Å². The molecule has 4 nitrogen and oxygen atoms in total. The lowest BCUT2D eigenvalue weighted by Crippen LogP contribution is -2.21. The molecule has 0 bridgehead atoms. The fourth-order valence-corrected chi connectivity index (χ4v) is 2.75. The molecule has 3 rings (SSSR count). The van der Waals surface area contributed by atoms with Gasteiger partial charge in [0.05, 0.1) is 6.10 Å². The van der Waals surface area contributed by atoms with Crippen LogP contribution in [0.1, 0.15) is 19.4 Å². The summed E-state index contributed by atoms with van der Waals surface area (Å²) in [6.07, 6.45) is 0.203. The Kier molecular flexibility index (Phi) is 7.33. The predicted octanol–water partition coefficient (Wildman–Crippen LogP) is 5.47. The topological polar surface area (TPSA) is 42.5 Å². The predicted molar refractivity (Wildman–Crippen MR) is 115 cm³/mol. The van der Waals surface area contributed by atoms with Crippen molar-refractivity contribution < 1.29 is 9.47 Å². The lowest BCUT2D eigenvalue weighted by atomic mass is 10.2. The normalized spacial score (nSPS) is 10.7. The summed E-state index contributed by atoms with van der Waals surface area (Å²) in [5.74, 6) is 2.59. The molecule has 0 radical (unpaired) electrons. The zero-order valence-electron chi connectivity index (χ0n) is 16.5. The maximum absolute atomic E-state index is 5.81. The highest BCUT2D eigenvalue weighted by Crippen LogP contribution is 2.22. The second-order valence-electron chi connectivity index (χ2n) is 6.85. The van der Waals surface area contributed by atoms with E-state index >= 15 is 0 Å². The zero-order valence-corrected chi connectivity index (χ0v) is 16.5. The van der Waals surface area contributed by atoms with Crippen molar-refractivity contribution in [3.63, 3.8) is 0 Å². The lowest BCUT2D eigenvalue weighted by Gasteiger charge is -2.11. The minimum Gasteiger partial charge on any atom is -0.491 e. The Labute approximate surface area is 167 Å². The molecular formula is C24H28N2O2. The SMILES string of the molecule is CC(C)Oc1ccc(CNCCNc2ccc(Oc3ccccc3)cc2)cc1. The van der Waals surface area contributed by atoms with E-state index in [9.17, 15) is 0 Å². The highest BCUT2D eigenvalue weighted by molar-refractivity contribution is 5.47. The molecule has 0 fully saturated rings. The van der Waals surface area contributed by atoms with Gasteiger partial charge in [0.25, 0.3) is 0 Å². The molecule has 0 spiro atoms. The first-order valence-electron chi connectivity index (χ1n) is 9.72. The maximum Gasteiger partial charge on any atom is 0.127 e. The third-order valence-corrected chi connectivity index (χ3v) is 4.09. The highest BCUT2D eigenvalue weighted by atomic mass is 16.5. The summed E-state index contributed by atoms with van der Waals surface area (Å²) < 4.78 is 11.5. The summed E-state index contributed by atoms with van der Waals surface area (Å²) in [5, 5.41) is 6.86. The van der Waals surface area contributed by atoms with Gasteiger partial charge < -0.3 is 20.1 Å². The van der Waals surface area contributed by atoms with E-state index in [4.69, 9.17) is 9.47 Å². The average molecular weight is 377 g/mol. The van der Waals surface area contributed by atoms with Gasteiger partial charge in [0.1, 0.15) is 17.2 Å². The zero-order chi connectivity index (χ0) is 19.6. The molecule has 0 saturated carbocycles. The molecule has 0 aromatic heterocycles. The minimum absolute atomic E-state index is 0.203. The second kappa shape index (κ2) is 10.4. The van der Waals surface area contributed by atoms with Crippen molar-refractivity contribution in [3.8, 4) is 17.2 Å². The third kappa shape index (κ3) is 6.63. The number of ether oxygens (including phenoxy) is 2. The van der Waals surface area contributed by atoms with Gasteiger partial charge >= 0.3 is 0 Å². The summed E-state index contributed by atoms with van der Waals surface area (Å²) >= 11 is 0. The van der Waals surface area contributed by atoms with Gasteiger partial charge in [-0.15, -0.1) is 0 Å². The Morgan fingerprint density at radius 2 is 1.36 bits per heavy atom. The van der Waals surface area contributed by atoms with E-state index in [1.54, 1.807) is 0 Å². The van der Waals surface area contributed by atoms with Crippen LogP contribution in [0.5, 0.6) is 17.2 Å². The first kappa shape index (κ1) is 19.8. The van der Waals surface area contributed by atoms with Gasteiger partial charge in [0.15, 0.2) is 0 Å². The first-order valence-corrected chi connectivity index (χ1v) is 9.72. The Morgan fingerprint density at radius 3 is 2.04 bits per heavy atom. The highest BCUT2D eigenvalue weighted by Gasteiger charge is 1.99. The van der Waals surface area contributed by atoms with Crippen molar-refractivity contribution >= 4 is 5.69 Å². The van der Waals surface area contributed by atoms with Crippen molar-refractivity contribution in [2.75, 3.05) is 18.4 Å². The molecule has 0 unspecified atom stereocenters. The van der Waals surface area contributed by atoms with Crippen LogP contribution in [0, 0.1) is 0 Å². The molecular weight excluding hydrogens is 348 g/mol. The first-order chi connectivity index (χ1) is 13.7. The van der Waals surface area contributed by atoms with Crippen LogP contribution >= 0.6 is 0 Å². The van der Waals surface area contributed by atoms with Crippen molar-refractivity contribution in [2.45, 2.75) is 26.5 Å². The van der Waals surface area contributed by atoms with Crippen molar-refractivity contribution in [3.05, 3.63) is 84.4 Å². The number of anilines is 1. The molecule has 28 heavy (non-hydrogen) atoms. The van der Waals surface area contributed by atoms with Crippen LogP contribution in [0.25, 0.3) is 0 Å². The minimum atomic E-state index is 0.203. The standard InChI is InChI=1S/C24H28N2O2/c1-19(2)27-23-12-8-20(9-13-23)18-25-16-17-26-21-10-14-24(15-11-21)28-22-6-4-3-5-7-22/h3-15,19,25-26H,16-18H2,1-2H3. The van der Waals surface area contributed by atoms with Gasteiger partial charge in [-0.25, -0.2) is 0 Å². The van der Waals surface area contributed by atoms with Crippen molar-refractivity contribution in [1.29, 1.82) is 0 Å². The summed E-state index contributed by atoms with van der Waals surface area (Å²) in [4.78, 5) is 0. The van der Waals surface area contributed by atoms with Gasteiger partial charge in [-0.3, -0.25) is 0 Å². The second-order valence-corrected chi connectivity index (χ2v) is 6.85. The summed E-state index contributed by atoms with van der Waals surface area (Å²) in [6.45, 7) is 6.64. The van der Waals surface area contributed by atoms with Gasteiger partial charge in [-0.2, -0.15) is 0 Å². The average Bonchev–Trinajstić information content (AvgIpc) is 2.71. The molecule has 0 aliphatic rings. The van der Waals surface area contributed by atoms with Crippen LogP contribution in [0.2, 0.25) is 0 Å². The number of nitrogens with one attached hydrogen (secondary N) is 2.